The Morgan fingerprint density at radius 2 is 1.83 bits per heavy atom. The summed E-state index contributed by atoms with van der Waals surface area (Å²) in [5, 5.41) is 0.319. The lowest BCUT2D eigenvalue weighted by Crippen LogP contribution is -2.35. The normalized spacial score (nSPS) is 12.2. The van der Waals surface area contributed by atoms with Crippen molar-refractivity contribution in [3.8, 4) is 0 Å². The quantitative estimate of drug-likeness (QED) is 0.587. The maximum atomic E-state index is 13.3. The highest BCUT2D eigenvalue weighted by atomic mass is 79.9. The highest BCUT2D eigenvalue weighted by Crippen LogP contribution is 2.20. The highest BCUT2D eigenvalue weighted by Gasteiger charge is 2.30. The van der Waals surface area contributed by atoms with Crippen LogP contribution in [0.2, 0.25) is 0 Å². The first-order valence-electron chi connectivity index (χ1n) is 5.11. The van der Waals surface area contributed by atoms with Crippen LogP contribution in [0, 0.1) is 11.6 Å². The Morgan fingerprint density at radius 1 is 1.17 bits per heavy atom. The lowest BCUT2D eigenvalue weighted by Gasteiger charge is -2.23. The Hall–Kier alpha value is -0.690. The predicted octanol–water partition coefficient (Wildman–Crippen LogP) is 3.72. The van der Waals surface area contributed by atoms with Gasteiger partial charge in [0.05, 0.1) is 6.54 Å². The van der Waals surface area contributed by atoms with Crippen LogP contribution in [0.25, 0.3) is 0 Å². The number of rotatable bonds is 5. The summed E-state index contributed by atoms with van der Waals surface area (Å²) in [6.07, 6.45) is -4.37. The average Bonchev–Trinajstić information content (AvgIpc) is 2.23. The third-order valence-electron chi connectivity index (χ3n) is 2.23. The van der Waals surface area contributed by atoms with Gasteiger partial charge in [-0.3, -0.25) is 4.90 Å². The van der Waals surface area contributed by atoms with Crippen molar-refractivity contribution in [3.63, 3.8) is 0 Å². The van der Waals surface area contributed by atoms with Crippen molar-refractivity contribution in [3.05, 3.63) is 35.4 Å². The van der Waals surface area contributed by atoms with Crippen LogP contribution < -0.4 is 0 Å². The smallest absolute Gasteiger partial charge is 0.290 e. The van der Waals surface area contributed by atoms with Crippen LogP contribution in [0.15, 0.2) is 18.2 Å². The molecular formula is C11H11BrF5N. The van der Waals surface area contributed by atoms with Gasteiger partial charge in [-0.1, -0.05) is 28.1 Å². The van der Waals surface area contributed by atoms with E-state index < -0.39 is 24.4 Å². The zero-order valence-corrected chi connectivity index (χ0v) is 10.9. The van der Waals surface area contributed by atoms with Crippen LogP contribution in [0.4, 0.5) is 22.0 Å². The molecule has 18 heavy (non-hydrogen) atoms. The molecule has 0 aromatic heterocycles. The summed E-state index contributed by atoms with van der Waals surface area (Å²) in [6.45, 7) is -1.35. The van der Waals surface area contributed by atoms with Crippen molar-refractivity contribution in [2.75, 3.05) is 18.4 Å². The van der Waals surface area contributed by atoms with Gasteiger partial charge in [0.15, 0.2) is 11.6 Å². The zero-order chi connectivity index (χ0) is 13.8. The largest absolute Gasteiger partial charge is 0.401 e. The second kappa shape index (κ2) is 6.47. The Labute approximate surface area is 110 Å². The number of alkyl halides is 4. The minimum absolute atomic E-state index is 0.0831. The Kier molecular flexibility index (Phi) is 5.52. The third-order valence-corrected chi connectivity index (χ3v) is 2.58. The van der Waals surface area contributed by atoms with Crippen molar-refractivity contribution in [2.45, 2.75) is 12.7 Å². The van der Waals surface area contributed by atoms with Gasteiger partial charge in [-0.25, -0.2) is 8.78 Å². The monoisotopic (exact) mass is 331 g/mol. The summed E-state index contributed by atoms with van der Waals surface area (Å²) in [6, 6.07) is 3.47. The second-order valence-electron chi connectivity index (χ2n) is 3.73. The average molecular weight is 332 g/mol. The number of hydrogen-bond donors (Lipinski definition) is 0. The second-order valence-corrected chi connectivity index (χ2v) is 4.52. The lowest BCUT2D eigenvalue weighted by molar-refractivity contribution is -0.146. The summed E-state index contributed by atoms with van der Waals surface area (Å²) >= 11 is 3.03. The first-order valence-corrected chi connectivity index (χ1v) is 6.23. The molecule has 0 radical (unpaired) electrons. The van der Waals surface area contributed by atoms with E-state index in [9.17, 15) is 22.0 Å². The summed E-state index contributed by atoms with van der Waals surface area (Å²) in [7, 11) is 0. The minimum Gasteiger partial charge on any atom is -0.290 e. The first-order chi connectivity index (χ1) is 8.33. The molecule has 0 aliphatic carbocycles. The highest BCUT2D eigenvalue weighted by molar-refractivity contribution is 9.09. The van der Waals surface area contributed by atoms with Crippen molar-refractivity contribution >= 4 is 15.9 Å². The molecule has 0 bridgehead atoms. The van der Waals surface area contributed by atoms with Gasteiger partial charge in [-0.15, -0.1) is 0 Å². The molecule has 0 aliphatic rings. The molecule has 0 atom stereocenters. The molecule has 0 fully saturated rings. The van der Waals surface area contributed by atoms with Crippen LogP contribution in [0.5, 0.6) is 0 Å². The van der Waals surface area contributed by atoms with Crippen molar-refractivity contribution < 1.29 is 22.0 Å². The maximum Gasteiger partial charge on any atom is 0.401 e. The molecule has 1 rings (SSSR count). The van der Waals surface area contributed by atoms with E-state index in [-0.39, 0.29) is 18.7 Å². The van der Waals surface area contributed by atoms with Gasteiger partial charge in [0.2, 0.25) is 0 Å². The molecule has 0 unspecified atom stereocenters. The zero-order valence-electron chi connectivity index (χ0n) is 9.28. The van der Waals surface area contributed by atoms with Crippen LogP contribution in [-0.4, -0.2) is 29.5 Å². The predicted molar refractivity (Wildman–Crippen MR) is 61.5 cm³/mol. The van der Waals surface area contributed by atoms with Gasteiger partial charge < -0.3 is 0 Å². The molecule has 7 heteroatoms. The molecule has 0 N–H and O–H groups in total. The van der Waals surface area contributed by atoms with E-state index in [2.05, 4.69) is 15.9 Å². The topological polar surface area (TPSA) is 3.24 Å². The molecular weight excluding hydrogens is 321 g/mol. The first kappa shape index (κ1) is 15.4. The number of halogens is 6. The molecule has 1 aromatic rings. The molecule has 102 valence electrons. The molecule has 0 spiro atoms. The van der Waals surface area contributed by atoms with Crippen molar-refractivity contribution in [2.24, 2.45) is 0 Å². The Balaban J connectivity index is 2.80. The molecule has 0 amide bonds. The SMILES string of the molecule is Fc1cccc(CN(CCBr)CC(F)(F)F)c1F. The summed E-state index contributed by atoms with van der Waals surface area (Å²) in [5.41, 5.74) is -0.0831. The number of benzene rings is 1. The van der Waals surface area contributed by atoms with Crippen LogP contribution in [0.1, 0.15) is 5.56 Å². The van der Waals surface area contributed by atoms with E-state index in [1.54, 1.807) is 0 Å². The summed E-state index contributed by atoms with van der Waals surface area (Å²) < 4.78 is 63.1. The summed E-state index contributed by atoms with van der Waals surface area (Å²) in [4.78, 5) is 1.01. The molecule has 0 aliphatic heterocycles. The van der Waals surface area contributed by atoms with Gasteiger partial charge in [-0.05, 0) is 6.07 Å². The third kappa shape index (κ3) is 4.89. The van der Waals surface area contributed by atoms with Gasteiger partial charge in [0, 0.05) is 24.0 Å². The molecule has 1 aromatic carbocycles. The Morgan fingerprint density at radius 3 is 2.39 bits per heavy atom. The van der Waals surface area contributed by atoms with Gasteiger partial charge in [-0.2, -0.15) is 13.2 Å². The minimum atomic E-state index is -4.37. The van der Waals surface area contributed by atoms with Crippen LogP contribution >= 0.6 is 15.9 Å². The van der Waals surface area contributed by atoms with Crippen molar-refractivity contribution in [1.29, 1.82) is 0 Å². The van der Waals surface area contributed by atoms with E-state index in [1.165, 1.54) is 12.1 Å². The lowest BCUT2D eigenvalue weighted by atomic mass is 10.2. The fraction of sp³-hybridized carbons (Fsp3) is 0.455. The standard InChI is InChI=1S/C11H11BrF5N/c12-4-5-18(7-11(15,16)17)6-8-2-1-3-9(13)10(8)14/h1-3H,4-7H2. The van der Waals surface area contributed by atoms with E-state index in [0.717, 1.165) is 11.0 Å². The van der Waals surface area contributed by atoms with Crippen LogP contribution in [-0.2, 0) is 6.54 Å². The van der Waals surface area contributed by atoms with Gasteiger partial charge in [0.25, 0.3) is 0 Å². The number of nitrogens with zero attached hydrogens (tertiary/aromatic N) is 1. The van der Waals surface area contributed by atoms with E-state index in [0.29, 0.717) is 5.33 Å². The van der Waals surface area contributed by atoms with Gasteiger partial charge >= 0.3 is 6.18 Å². The fourth-order valence-electron chi connectivity index (χ4n) is 1.50. The number of hydrogen-bond acceptors (Lipinski definition) is 1. The van der Waals surface area contributed by atoms with E-state index in [1.807, 2.05) is 0 Å². The van der Waals surface area contributed by atoms with E-state index in [4.69, 9.17) is 0 Å². The molecule has 0 saturated carbocycles. The molecule has 1 nitrogen and oxygen atoms in total. The summed E-state index contributed by atoms with van der Waals surface area (Å²) in [5.74, 6) is -2.16. The molecule has 0 saturated heterocycles. The van der Waals surface area contributed by atoms with Gasteiger partial charge in [0.1, 0.15) is 0 Å². The maximum absolute atomic E-state index is 13.3. The van der Waals surface area contributed by atoms with E-state index >= 15 is 0 Å². The van der Waals surface area contributed by atoms with Crippen molar-refractivity contribution in [1.82, 2.24) is 4.90 Å². The Bertz CT molecular complexity index is 394. The molecule has 0 heterocycles. The fourth-order valence-corrected chi connectivity index (χ4v) is 2.00. The van der Waals surface area contributed by atoms with Crippen LogP contribution in [0.3, 0.4) is 0 Å².